The van der Waals surface area contributed by atoms with Crippen LogP contribution < -0.4 is 5.32 Å². The first-order valence-electron chi connectivity index (χ1n) is 6.84. The lowest BCUT2D eigenvalue weighted by Crippen LogP contribution is -2.61. The van der Waals surface area contributed by atoms with Gasteiger partial charge in [0, 0.05) is 31.2 Å². The van der Waals surface area contributed by atoms with E-state index in [4.69, 9.17) is 0 Å². The van der Waals surface area contributed by atoms with Crippen LogP contribution in [-0.4, -0.2) is 29.6 Å². The summed E-state index contributed by atoms with van der Waals surface area (Å²) in [5.74, 6) is -0.199. The van der Waals surface area contributed by atoms with E-state index in [2.05, 4.69) is 46.9 Å². The molecule has 1 aliphatic heterocycles. The minimum absolute atomic E-state index is 0.131. The van der Waals surface area contributed by atoms with Gasteiger partial charge in [0.15, 0.2) is 0 Å². The van der Waals surface area contributed by atoms with Crippen molar-refractivity contribution in [1.82, 2.24) is 10.2 Å². The maximum atomic E-state index is 13.3. The molecule has 0 bridgehead atoms. The van der Waals surface area contributed by atoms with Crippen molar-refractivity contribution in [1.29, 1.82) is 0 Å². The molecule has 0 spiro atoms. The van der Waals surface area contributed by atoms with Crippen molar-refractivity contribution in [3.05, 3.63) is 34.1 Å². The summed E-state index contributed by atoms with van der Waals surface area (Å²) in [5.41, 5.74) is 1.28. The van der Waals surface area contributed by atoms with Gasteiger partial charge in [-0.1, -0.05) is 13.0 Å². The zero-order chi connectivity index (χ0) is 14.0. The van der Waals surface area contributed by atoms with Crippen LogP contribution in [0.5, 0.6) is 0 Å². The Bertz CT molecular complexity index is 448. The van der Waals surface area contributed by atoms with E-state index in [0.717, 1.165) is 31.6 Å². The van der Waals surface area contributed by atoms with Crippen molar-refractivity contribution in [2.24, 2.45) is 0 Å². The summed E-state index contributed by atoms with van der Waals surface area (Å²) >= 11 is 3.26. The zero-order valence-corrected chi connectivity index (χ0v) is 13.4. The predicted molar refractivity (Wildman–Crippen MR) is 80.7 cm³/mol. The second kappa shape index (κ2) is 5.90. The second-order valence-electron chi connectivity index (χ2n) is 5.93. The Kier molecular flexibility index (Phi) is 4.64. The molecule has 1 N–H and O–H groups in total. The van der Waals surface area contributed by atoms with Gasteiger partial charge in [-0.2, -0.15) is 0 Å². The normalized spacial score (nSPS) is 23.5. The SMILES string of the molecule is CCC1CN(Cc2ccc(F)c(Br)c2)C(C)(C)CN1. The molecule has 2 nitrogen and oxygen atoms in total. The Hall–Kier alpha value is -0.450. The highest BCUT2D eigenvalue weighted by Gasteiger charge is 2.33. The molecule has 1 fully saturated rings. The van der Waals surface area contributed by atoms with E-state index in [9.17, 15) is 4.39 Å². The molecule has 1 aliphatic rings. The lowest BCUT2D eigenvalue weighted by atomic mass is 9.95. The van der Waals surface area contributed by atoms with Gasteiger partial charge in [-0.05, 0) is 53.9 Å². The first kappa shape index (κ1) is 14.9. The van der Waals surface area contributed by atoms with Crippen LogP contribution in [0.2, 0.25) is 0 Å². The Morgan fingerprint density at radius 3 is 2.84 bits per heavy atom. The molecule has 0 saturated carbocycles. The molecule has 0 aromatic heterocycles. The minimum Gasteiger partial charge on any atom is -0.311 e. The number of piperazine rings is 1. The van der Waals surface area contributed by atoms with Gasteiger partial charge in [0.25, 0.3) is 0 Å². The lowest BCUT2D eigenvalue weighted by molar-refractivity contribution is 0.0576. The van der Waals surface area contributed by atoms with Crippen molar-refractivity contribution >= 4 is 15.9 Å². The summed E-state index contributed by atoms with van der Waals surface area (Å²) in [6.45, 7) is 9.62. The van der Waals surface area contributed by atoms with E-state index in [1.807, 2.05) is 12.1 Å². The Morgan fingerprint density at radius 1 is 1.47 bits per heavy atom. The maximum Gasteiger partial charge on any atom is 0.137 e. The molecule has 2 rings (SSSR count). The van der Waals surface area contributed by atoms with Gasteiger partial charge in [0.2, 0.25) is 0 Å². The van der Waals surface area contributed by atoms with Gasteiger partial charge in [0.1, 0.15) is 5.82 Å². The fourth-order valence-corrected chi connectivity index (χ4v) is 2.92. The average molecular weight is 329 g/mol. The lowest BCUT2D eigenvalue weighted by Gasteiger charge is -2.46. The van der Waals surface area contributed by atoms with Gasteiger partial charge in [-0.15, -0.1) is 0 Å². The van der Waals surface area contributed by atoms with Crippen LogP contribution in [0.3, 0.4) is 0 Å². The first-order valence-corrected chi connectivity index (χ1v) is 7.64. The van der Waals surface area contributed by atoms with Crippen molar-refractivity contribution in [3.63, 3.8) is 0 Å². The first-order chi connectivity index (χ1) is 8.92. The Labute approximate surface area is 123 Å². The molecular weight excluding hydrogens is 307 g/mol. The monoisotopic (exact) mass is 328 g/mol. The fourth-order valence-electron chi connectivity index (χ4n) is 2.49. The third-order valence-electron chi connectivity index (χ3n) is 3.97. The van der Waals surface area contributed by atoms with Crippen LogP contribution in [0.1, 0.15) is 32.8 Å². The number of hydrogen-bond acceptors (Lipinski definition) is 2. The average Bonchev–Trinajstić information content (AvgIpc) is 2.36. The highest BCUT2D eigenvalue weighted by Crippen LogP contribution is 2.24. The van der Waals surface area contributed by atoms with Crippen molar-refractivity contribution in [3.8, 4) is 0 Å². The molecule has 1 saturated heterocycles. The van der Waals surface area contributed by atoms with E-state index >= 15 is 0 Å². The van der Waals surface area contributed by atoms with E-state index in [0.29, 0.717) is 10.5 Å². The predicted octanol–water partition coefficient (Wildman–Crippen LogP) is 3.55. The molecule has 19 heavy (non-hydrogen) atoms. The third-order valence-corrected chi connectivity index (χ3v) is 4.58. The smallest absolute Gasteiger partial charge is 0.137 e. The Balaban J connectivity index is 2.12. The zero-order valence-electron chi connectivity index (χ0n) is 11.8. The summed E-state index contributed by atoms with van der Waals surface area (Å²) in [6.07, 6.45) is 1.14. The van der Waals surface area contributed by atoms with Gasteiger partial charge >= 0.3 is 0 Å². The summed E-state index contributed by atoms with van der Waals surface area (Å²) in [6, 6.07) is 5.84. The molecule has 0 radical (unpaired) electrons. The van der Waals surface area contributed by atoms with E-state index in [-0.39, 0.29) is 11.4 Å². The minimum atomic E-state index is -0.199. The van der Waals surface area contributed by atoms with Gasteiger partial charge in [0.05, 0.1) is 4.47 Å². The van der Waals surface area contributed by atoms with Crippen LogP contribution in [-0.2, 0) is 6.54 Å². The van der Waals surface area contributed by atoms with Gasteiger partial charge < -0.3 is 5.32 Å². The summed E-state index contributed by atoms with van der Waals surface area (Å²) in [4.78, 5) is 2.48. The van der Waals surface area contributed by atoms with Crippen LogP contribution in [0, 0.1) is 5.82 Å². The molecule has 1 unspecified atom stereocenters. The summed E-state index contributed by atoms with van der Waals surface area (Å²) in [7, 11) is 0. The number of halogens is 2. The molecule has 1 aromatic rings. The van der Waals surface area contributed by atoms with Gasteiger partial charge in [-0.3, -0.25) is 4.90 Å². The van der Waals surface area contributed by atoms with Crippen LogP contribution in [0.25, 0.3) is 0 Å². The molecule has 4 heteroatoms. The number of rotatable bonds is 3. The molecule has 1 heterocycles. The van der Waals surface area contributed by atoms with Crippen molar-refractivity contribution < 1.29 is 4.39 Å². The number of nitrogens with zero attached hydrogens (tertiary/aromatic N) is 1. The number of hydrogen-bond donors (Lipinski definition) is 1. The second-order valence-corrected chi connectivity index (χ2v) is 6.78. The Morgan fingerprint density at radius 2 is 2.21 bits per heavy atom. The van der Waals surface area contributed by atoms with Crippen LogP contribution in [0.4, 0.5) is 4.39 Å². The fraction of sp³-hybridized carbons (Fsp3) is 0.600. The number of nitrogens with one attached hydrogen (secondary N) is 1. The molecule has 0 aliphatic carbocycles. The largest absolute Gasteiger partial charge is 0.311 e. The van der Waals surface area contributed by atoms with Crippen LogP contribution >= 0.6 is 15.9 Å². The maximum absolute atomic E-state index is 13.3. The van der Waals surface area contributed by atoms with Crippen molar-refractivity contribution in [2.45, 2.75) is 45.3 Å². The summed E-state index contributed by atoms with van der Waals surface area (Å²) < 4.78 is 13.8. The molecule has 106 valence electrons. The molecule has 1 atom stereocenters. The van der Waals surface area contributed by atoms with Gasteiger partial charge in [-0.25, -0.2) is 4.39 Å². The van der Waals surface area contributed by atoms with Crippen LogP contribution in [0.15, 0.2) is 22.7 Å². The highest BCUT2D eigenvalue weighted by atomic mass is 79.9. The third kappa shape index (κ3) is 3.56. The quantitative estimate of drug-likeness (QED) is 0.912. The standard InChI is InChI=1S/C15H22BrFN2/c1-4-12-9-19(15(2,3)10-18-12)8-11-5-6-14(17)13(16)7-11/h5-7,12,18H,4,8-10H2,1-3H3. The van der Waals surface area contributed by atoms with E-state index in [1.54, 1.807) is 0 Å². The molecule has 1 aromatic carbocycles. The van der Waals surface area contributed by atoms with E-state index in [1.165, 1.54) is 6.07 Å². The number of benzene rings is 1. The van der Waals surface area contributed by atoms with Crippen molar-refractivity contribution in [2.75, 3.05) is 13.1 Å². The topological polar surface area (TPSA) is 15.3 Å². The molecule has 0 amide bonds. The van der Waals surface area contributed by atoms with E-state index < -0.39 is 0 Å². The summed E-state index contributed by atoms with van der Waals surface area (Å²) in [5, 5.41) is 3.58. The molecular formula is C15H22BrFN2. The highest BCUT2D eigenvalue weighted by molar-refractivity contribution is 9.10.